The van der Waals surface area contributed by atoms with Gasteiger partial charge in [-0.25, -0.2) is 0 Å². The summed E-state index contributed by atoms with van der Waals surface area (Å²) in [5.41, 5.74) is 4.48. The van der Waals surface area contributed by atoms with Crippen LogP contribution in [-0.4, -0.2) is 31.2 Å². The van der Waals surface area contributed by atoms with Gasteiger partial charge in [0.1, 0.15) is 0 Å². The molecule has 1 fully saturated rings. The average Bonchev–Trinajstić information content (AvgIpc) is 2.49. The lowest BCUT2D eigenvalue weighted by molar-refractivity contribution is 0.590. The summed E-state index contributed by atoms with van der Waals surface area (Å²) in [5, 5.41) is 5.37. The molecule has 0 amide bonds. The van der Waals surface area contributed by atoms with Gasteiger partial charge in [-0.3, -0.25) is 4.98 Å². The van der Waals surface area contributed by atoms with E-state index in [0.29, 0.717) is 0 Å². The number of nitrogens with zero attached hydrogens (tertiary/aromatic N) is 2. The molecule has 0 radical (unpaired) electrons. The molecule has 0 atom stereocenters. The fourth-order valence-corrected chi connectivity index (χ4v) is 3.17. The number of anilines is 1. The van der Waals surface area contributed by atoms with E-state index in [-0.39, 0.29) is 0 Å². The van der Waals surface area contributed by atoms with Crippen molar-refractivity contribution in [3.8, 4) is 0 Å². The van der Waals surface area contributed by atoms with Crippen molar-refractivity contribution in [3.05, 3.63) is 34.5 Å². The van der Waals surface area contributed by atoms with Crippen LogP contribution in [0.3, 0.4) is 0 Å². The van der Waals surface area contributed by atoms with Crippen molar-refractivity contribution in [2.24, 2.45) is 0 Å². The van der Waals surface area contributed by atoms with E-state index in [9.17, 15) is 0 Å². The van der Waals surface area contributed by atoms with Crippen LogP contribution < -0.4 is 10.2 Å². The van der Waals surface area contributed by atoms with E-state index in [1.807, 2.05) is 6.92 Å². The summed E-state index contributed by atoms with van der Waals surface area (Å²) in [6, 6.07) is 6.41. The highest BCUT2D eigenvalue weighted by Crippen LogP contribution is 2.36. The van der Waals surface area contributed by atoms with Crippen molar-refractivity contribution < 1.29 is 0 Å². The molecule has 20 heavy (non-hydrogen) atoms. The summed E-state index contributed by atoms with van der Waals surface area (Å²) in [6.07, 6.45) is 0.992. The van der Waals surface area contributed by atoms with Crippen LogP contribution in [0.1, 0.15) is 18.2 Å². The summed E-state index contributed by atoms with van der Waals surface area (Å²) in [4.78, 5) is 7.11. The van der Waals surface area contributed by atoms with Crippen molar-refractivity contribution in [1.29, 1.82) is 0 Å². The smallest absolute Gasteiger partial charge is 0.0858 e. The molecule has 0 aliphatic carbocycles. The van der Waals surface area contributed by atoms with Gasteiger partial charge >= 0.3 is 0 Å². The third-order valence-electron chi connectivity index (χ3n) is 3.99. The molecule has 106 valence electrons. The molecule has 0 saturated carbocycles. The van der Waals surface area contributed by atoms with Gasteiger partial charge in [-0.15, -0.1) is 0 Å². The highest BCUT2D eigenvalue weighted by atomic mass is 35.5. The molecule has 1 aromatic heterocycles. The molecule has 1 aliphatic heterocycles. The van der Waals surface area contributed by atoms with Crippen molar-refractivity contribution >= 4 is 28.2 Å². The average molecular weight is 290 g/mol. The maximum Gasteiger partial charge on any atom is 0.0858 e. The second-order valence-corrected chi connectivity index (χ2v) is 5.64. The lowest BCUT2D eigenvalue weighted by atomic mass is 10.0. The van der Waals surface area contributed by atoms with Gasteiger partial charge in [0.2, 0.25) is 0 Å². The van der Waals surface area contributed by atoms with E-state index < -0.39 is 0 Å². The highest BCUT2D eigenvalue weighted by Gasteiger charge is 2.19. The van der Waals surface area contributed by atoms with Gasteiger partial charge in [0.25, 0.3) is 0 Å². The van der Waals surface area contributed by atoms with Crippen LogP contribution in [0.4, 0.5) is 5.69 Å². The number of aryl methyl sites for hydroxylation is 2. The largest absolute Gasteiger partial charge is 0.367 e. The Bertz CT molecular complexity index is 633. The number of hydrogen-bond donors (Lipinski definition) is 1. The van der Waals surface area contributed by atoms with Crippen molar-refractivity contribution in [1.82, 2.24) is 10.3 Å². The first kappa shape index (κ1) is 13.7. The van der Waals surface area contributed by atoms with Crippen LogP contribution in [0.2, 0.25) is 5.02 Å². The third-order valence-corrected chi connectivity index (χ3v) is 4.45. The molecule has 0 bridgehead atoms. The van der Waals surface area contributed by atoms with E-state index in [0.717, 1.165) is 54.5 Å². The van der Waals surface area contributed by atoms with Gasteiger partial charge in [0.05, 0.1) is 21.9 Å². The van der Waals surface area contributed by atoms with E-state index in [1.54, 1.807) is 0 Å². The lowest BCUT2D eigenvalue weighted by Gasteiger charge is -2.31. The zero-order valence-electron chi connectivity index (χ0n) is 12.0. The van der Waals surface area contributed by atoms with E-state index in [2.05, 4.69) is 35.3 Å². The minimum Gasteiger partial charge on any atom is -0.367 e. The van der Waals surface area contributed by atoms with Gasteiger partial charge < -0.3 is 10.2 Å². The zero-order valence-corrected chi connectivity index (χ0v) is 12.8. The summed E-state index contributed by atoms with van der Waals surface area (Å²) >= 11 is 6.58. The molecule has 2 aromatic rings. The van der Waals surface area contributed by atoms with Crippen LogP contribution in [-0.2, 0) is 6.42 Å². The fraction of sp³-hybridized carbons (Fsp3) is 0.438. The molecule has 0 unspecified atom stereocenters. The van der Waals surface area contributed by atoms with Gasteiger partial charge in [-0.2, -0.15) is 0 Å². The predicted octanol–water partition coefficient (Wildman–Crippen LogP) is 3.17. The topological polar surface area (TPSA) is 28.2 Å². The number of piperazine rings is 1. The Morgan fingerprint density at radius 3 is 2.75 bits per heavy atom. The molecule has 1 aromatic carbocycles. The first-order chi connectivity index (χ1) is 9.72. The first-order valence-corrected chi connectivity index (χ1v) is 7.63. The minimum atomic E-state index is 0.799. The predicted molar refractivity (Wildman–Crippen MR) is 86.0 cm³/mol. The number of rotatable bonds is 2. The van der Waals surface area contributed by atoms with Crippen LogP contribution in [0, 0.1) is 6.92 Å². The Hall–Kier alpha value is -1.32. The third kappa shape index (κ3) is 2.25. The Balaban J connectivity index is 2.25. The van der Waals surface area contributed by atoms with Crippen LogP contribution >= 0.6 is 11.6 Å². The second-order valence-electron chi connectivity index (χ2n) is 5.26. The van der Waals surface area contributed by atoms with Gasteiger partial charge in [0, 0.05) is 31.6 Å². The highest BCUT2D eigenvalue weighted by molar-refractivity contribution is 6.35. The van der Waals surface area contributed by atoms with Crippen molar-refractivity contribution in [2.75, 3.05) is 31.1 Å². The molecular formula is C16H20ClN3. The molecule has 1 aliphatic rings. The zero-order chi connectivity index (χ0) is 14.1. The maximum atomic E-state index is 6.58. The number of pyridine rings is 1. The van der Waals surface area contributed by atoms with Gasteiger partial charge in [0.15, 0.2) is 0 Å². The molecular weight excluding hydrogens is 270 g/mol. The van der Waals surface area contributed by atoms with Gasteiger partial charge in [-0.05, 0) is 18.9 Å². The molecule has 0 spiro atoms. The summed E-state index contributed by atoms with van der Waals surface area (Å²) < 4.78 is 0. The first-order valence-electron chi connectivity index (χ1n) is 7.25. The van der Waals surface area contributed by atoms with Crippen LogP contribution in [0.25, 0.3) is 10.9 Å². The Morgan fingerprint density at radius 1 is 1.30 bits per heavy atom. The number of aromatic nitrogens is 1. The molecule has 2 heterocycles. The number of nitrogens with one attached hydrogen (secondary N) is 1. The quantitative estimate of drug-likeness (QED) is 0.920. The Kier molecular flexibility index (Phi) is 3.81. The maximum absolute atomic E-state index is 6.58. The van der Waals surface area contributed by atoms with Crippen molar-refractivity contribution in [2.45, 2.75) is 20.3 Å². The van der Waals surface area contributed by atoms with Crippen LogP contribution in [0.5, 0.6) is 0 Å². The number of hydrogen-bond acceptors (Lipinski definition) is 3. The summed E-state index contributed by atoms with van der Waals surface area (Å²) in [5.74, 6) is 0. The number of halogens is 1. The number of fused-ring (bicyclic) bond motifs is 1. The monoisotopic (exact) mass is 289 g/mol. The summed E-state index contributed by atoms with van der Waals surface area (Å²) in [6.45, 7) is 8.17. The van der Waals surface area contributed by atoms with E-state index >= 15 is 0 Å². The normalized spacial score (nSPS) is 15.8. The fourth-order valence-electron chi connectivity index (χ4n) is 2.90. The Morgan fingerprint density at radius 2 is 2.05 bits per heavy atom. The van der Waals surface area contributed by atoms with E-state index in [1.165, 1.54) is 10.9 Å². The molecule has 4 heteroatoms. The van der Waals surface area contributed by atoms with E-state index in [4.69, 9.17) is 16.6 Å². The number of benzene rings is 1. The van der Waals surface area contributed by atoms with Gasteiger partial charge in [-0.1, -0.05) is 36.7 Å². The lowest BCUT2D eigenvalue weighted by Crippen LogP contribution is -2.43. The Labute approximate surface area is 124 Å². The SMILES string of the molecule is CCc1cccc2c(N3CCNCC3)c(Cl)c(C)nc12. The standard InChI is InChI=1S/C16H20ClN3/c1-3-12-5-4-6-13-15(12)19-11(2)14(17)16(13)20-9-7-18-8-10-20/h4-6,18H,3,7-10H2,1-2H3. The minimum absolute atomic E-state index is 0.799. The summed E-state index contributed by atoms with van der Waals surface area (Å²) in [7, 11) is 0. The van der Waals surface area contributed by atoms with Crippen LogP contribution in [0.15, 0.2) is 18.2 Å². The molecule has 3 nitrogen and oxygen atoms in total. The second kappa shape index (κ2) is 5.58. The molecule has 1 saturated heterocycles. The molecule has 1 N–H and O–H groups in total. The molecule has 3 rings (SSSR count). The number of para-hydroxylation sites is 1. The van der Waals surface area contributed by atoms with Crippen molar-refractivity contribution in [3.63, 3.8) is 0 Å².